The summed E-state index contributed by atoms with van der Waals surface area (Å²) in [7, 11) is 0. The second-order valence-electron chi connectivity index (χ2n) is 4.74. The van der Waals surface area contributed by atoms with Gasteiger partial charge in [-0.3, -0.25) is 10.1 Å². The molecular weight excluding hydrogens is 264 g/mol. The highest BCUT2D eigenvalue weighted by molar-refractivity contribution is 5.90. The molecule has 0 aliphatic carbocycles. The lowest BCUT2D eigenvalue weighted by Crippen LogP contribution is -2.11. The molecule has 1 fully saturated rings. The van der Waals surface area contributed by atoms with Crippen LogP contribution in [-0.4, -0.2) is 35.8 Å². The number of carbonyl (C=O) groups is 1. The van der Waals surface area contributed by atoms with Crippen molar-refractivity contribution < 1.29 is 19.6 Å². The third-order valence-corrected chi connectivity index (χ3v) is 3.33. The van der Waals surface area contributed by atoms with Crippen LogP contribution in [0.2, 0.25) is 0 Å². The lowest BCUT2D eigenvalue weighted by atomic mass is 10.1. The first kappa shape index (κ1) is 14.3. The van der Waals surface area contributed by atoms with E-state index in [1.807, 2.05) is 0 Å². The average Bonchev–Trinajstić information content (AvgIpc) is 2.91. The first-order valence-corrected chi connectivity index (χ1v) is 6.41. The van der Waals surface area contributed by atoms with Crippen molar-refractivity contribution in [3.05, 3.63) is 33.9 Å². The maximum Gasteiger partial charge on any atom is 0.335 e. The molecule has 1 atom stereocenters. The molecule has 108 valence electrons. The maximum absolute atomic E-state index is 10.9. The Hall–Kier alpha value is -2.15. The molecule has 1 heterocycles. The molecule has 20 heavy (non-hydrogen) atoms. The monoisotopic (exact) mass is 280 g/mol. The van der Waals surface area contributed by atoms with Crippen molar-refractivity contribution in [2.24, 2.45) is 5.92 Å². The molecule has 1 saturated heterocycles. The van der Waals surface area contributed by atoms with Crippen molar-refractivity contribution in [2.45, 2.75) is 12.8 Å². The van der Waals surface area contributed by atoms with Gasteiger partial charge < -0.3 is 15.2 Å². The number of rotatable bonds is 6. The van der Waals surface area contributed by atoms with Crippen LogP contribution < -0.4 is 5.32 Å². The van der Waals surface area contributed by atoms with Crippen molar-refractivity contribution in [3.63, 3.8) is 0 Å². The smallest absolute Gasteiger partial charge is 0.335 e. The van der Waals surface area contributed by atoms with Gasteiger partial charge in [0.05, 0.1) is 10.5 Å². The molecule has 0 amide bonds. The van der Waals surface area contributed by atoms with Crippen LogP contribution >= 0.6 is 0 Å². The van der Waals surface area contributed by atoms with E-state index >= 15 is 0 Å². The molecule has 0 spiro atoms. The minimum absolute atomic E-state index is 0.0299. The van der Waals surface area contributed by atoms with E-state index in [0.717, 1.165) is 26.1 Å². The van der Waals surface area contributed by atoms with Crippen molar-refractivity contribution in [2.75, 3.05) is 25.1 Å². The highest BCUT2D eigenvalue weighted by atomic mass is 16.6. The number of nitrogens with zero attached hydrogens (tertiary/aromatic N) is 1. The van der Waals surface area contributed by atoms with Gasteiger partial charge in [0.15, 0.2) is 0 Å². The highest BCUT2D eigenvalue weighted by Gasteiger charge is 2.18. The zero-order valence-electron chi connectivity index (χ0n) is 10.9. The van der Waals surface area contributed by atoms with Crippen molar-refractivity contribution in [1.29, 1.82) is 0 Å². The largest absolute Gasteiger partial charge is 0.478 e. The number of nitro groups is 1. The molecule has 1 unspecified atom stereocenters. The standard InChI is InChI=1S/C13H16N2O5/c16-13(17)10-1-2-12(15(18)19)11(7-10)14-5-3-9-4-6-20-8-9/h1-2,7,9,14H,3-6,8H2,(H,16,17). The van der Waals surface area contributed by atoms with Gasteiger partial charge in [-0.1, -0.05) is 0 Å². The molecule has 2 rings (SSSR count). The third-order valence-electron chi connectivity index (χ3n) is 3.33. The number of carboxylic acids is 1. The summed E-state index contributed by atoms with van der Waals surface area (Å²) in [5.41, 5.74) is 0.161. The van der Waals surface area contributed by atoms with Crippen molar-refractivity contribution >= 4 is 17.3 Å². The zero-order chi connectivity index (χ0) is 14.5. The Bertz CT molecular complexity index is 511. The van der Waals surface area contributed by atoms with Gasteiger partial charge >= 0.3 is 5.97 Å². The number of hydrogen-bond donors (Lipinski definition) is 2. The van der Waals surface area contributed by atoms with Crippen LogP contribution in [0.1, 0.15) is 23.2 Å². The van der Waals surface area contributed by atoms with Gasteiger partial charge in [0.1, 0.15) is 5.69 Å². The van der Waals surface area contributed by atoms with Crippen molar-refractivity contribution in [1.82, 2.24) is 0 Å². The Morgan fingerprint density at radius 2 is 2.35 bits per heavy atom. The second-order valence-corrected chi connectivity index (χ2v) is 4.74. The van der Waals surface area contributed by atoms with Crippen LogP contribution in [0.5, 0.6) is 0 Å². The summed E-state index contributed by atoms with van der Waals surface area (Å²) >= 11 is 0. The first-order valence-electron chi connectivity index (χ1n) is 6.41. The van der Waals surface area contributed by atoms with Crippen LogP contribution in [0, 0.1) is 16.0 Å². The average molecular weight is 280 g/mol. The molecule has 0 radical (unpaired) electrons. The van der Waals surface area contributed by atoms with E-state index < -0.39 is 10.9 Å². The number of anilines is 1. The summed E-state index contributed by atoms with van der Waals surface area (Å²) in [5.74, 6) is -0.642. The quantitative estimate of drug-likeness (QED) is 0.611. The molecule has 7 nitrogen and oxygen atoms in total. The van der Waals surface area contributed by atoms with Crippen LogP contribution in [0.4, 0.5) is 11.4 Å². The molecule has 0 aromatic heterocycles. The van der Waals surface area contributed by atoms with E-state index in [2.05, 4.69) is 5.32 Å². The van der Waals surface area contributed by atoms with Crippen LogP contribution in [-0.2, 0) is 4.74 Å². The normalized spacial score (nSPS) is 17.9. The number of aromatic carboxylic acids is 1. The lowest BCUT2D eigenvalue weighted by molar-refractivity contribution is -0.384. The molecule has 7 heteroatoms. The van der Waals surface area contributed by atoms with E-state index in [1.54, 1.807) is 0 Å². The van der Waals surface area contributed by atoms with Crippen LogP contribution in [0.15, 0.2) is 18.2 Å². The number of nitro benzene ring substituents is 1. The molecule has 0 bridgehead atoms. The summed E-state index contributed by atoms with van der Waals surface area (Å²) in [6.07, 6.45) is 1.84. The van der Waals surface area contributed by atoms with E-state index in [-0.39, 0.29) is 16.9 Å². The molecule has 1 aromatic rings. The predicted molar refractivity (Wildman–Crippen MR) is 72.1 cm³/mol. The van der Waals surface area contributed by atoms with Gasteiger partial charge in [-0.2, -0.15) is 0 Å². The molecule has 1 aromatic carbocycles. The minimum Gasteiger partial charge on any atom is -0.478 e. The zero-order valence-corrected chi connectivity index (χ0v) is 10.9. The fraction of sp³-hybridized carbons (Fsp3) is 0.462. The highest BCUT2D eigenvalue weighted by Crippen LogP contribution is 2.26. The third kappa shape index (κ3) is 3.45. The number of ether oxygens (including phenoxy) is 1. The Balaban J connectivity index is 2.04. The summed E-state index contributed by atoms with van der Waals surface area (Å²) in [6, 6.07) is 3.74. The van der Waals surface area contributed by atoms with Gasteiger partial charge in [-0.25, -0.2) is 4.79 Å². The molecular formula is C13H16N2O5. The summed E-state index contributed by atoms with van der Waals surface area (Å²) in [5, 5.41) is 22.8. The Labute approximate surface area is 115 Å². The topological polar surface area (TPSA) is 102 Å². The van der Waals surface area contributed by atoms with E-state index in [9.17, 15) is 14.9 Å². The molecule has 1 aliphatic rings. The number of carboxylic acid groups (broad SMARTS) is 1. The van der Waals surface area contributed by atoms with Crippen LogP contribution in [0.3, 0.4) is 0 Å². The SMILES string of the molecule is O=C(O)c1ccc([N+](=O)[O-])c(NCCC2CCOC2)c1. The van der Waals surface area contributed by atoms with Gasteiger partial charge in [0, 0.05) is 25.8 Å². The Morgan fingerprint density at radius 3 is 2.95 bits per heavy atom. The maximum atomic E-state index is 10.9. The fourth-order valence-electron chi connectivity index (χ4n) is 2.19. The molecule has 1 aliphatic heterocycles. The molecule has 0 saturated carbocycles. The Kier molecular flexibility index (Phi) is 4.52. The van der Waals surface area contributed by atoms with E-state index in [4.69, 9.17) is 9.84 Å². The fourth-order valence-corrected chi connectivity index (χ4v) is 2.19. The predicted octanol–water partition coefficient (Wildman–Crippen LogP) is 2.13. The van der Waals surface area contributed by atoms with Gasteiger partial charge in [0.2, 0.25) is 0 Å². The van der Waals surface area contributed by atoms with Gasteiger partial charge in [-0.15, -0.1) is 0 Å². The summed E-state index contributed by atoms with van der Waals surface area (Å²) < 4.78 is 5.26. The van der Waals surface area contributed by atoms with Crippen molar-refractivity contribution in [3.8, 4) is 0 Å². The lowest BCUT2D eigenvalue weighted by Gasteiger charge is -2.10. The van der Waals surface area contributed by atoms with E-state index in [1.165, 1.54) is 18.2 Å². The molecule has 2 N–H and O–H groups in total. The summed E-state index contributed by atoms with van der Waals surface area (Å²) in [6.45, 7) is 2.04. The van der Waals surface area contributed by atoms with Crippen LogP contribution in [0.25, 0.3) is 0 Å². The number of nitrogens with one attached hydrogen (secondary N) is 1. The second kappa shape index (κ2) is 6.33. The minimum atomic E-state index is -1.10. The summed E-state index contributed by atoms with van der Waals surface area (Å²) in [4.78, 5) is 21.3. The van der Waals surface area contributed by atoms with Gasteiger partial charge in [0.25, 0.3) is 5.69 Å². The van der Waals surface area contributed by atoms with E-state index in [0.29, 0.717) is 12.5 Å². The first-order chi connectivity index (χ1) is 9.58. The number of benzene rings is 1. The Morgan fingerprint density at radius 1 is 1.55 bits per heavy atom. The van der Waals surface area contributed by atoms with Gasteiger partial charge in [-0.05, 0) is 30.9 Å². The number of hydrogen-bond acceptors (Lipinski definition) is 5.